The second-order valence-corrected chi connectivity index (χ2v) is 4.70. The highest BCUT2D eigenvalue weighted by atomic mass is 35.5. The third kappa shape index (κ3) is 1.33. The van der Waals surface area contributed by atoms with Gasteiger partial charge in [0.05, 0.1) is 22.5 Å². The van der Waals surface area contributed by atoms with Crippen molar-refractivity contribution in [1.29, 1.82) is 0 Å². The van der Waals surface area contributed by atoms with Gasteiger partial charge in [0.2, 0.25) is 0 Å². The number of imidazole rings is 1. The molecular formula is C10H7ClN2OS. The average molecular weight is 239 g/mol. The molecule has 0 unspecified atom stereocenters. The molecule has 0 aliphatic carbocycles. The van der Waals surface area contributed by atoms with Gasteiger partial charge in [0, 0.05) is 11.2 Å². The van der Waals surface area contributed by atoms with E-state index in [1.54, 1.807) is 11.3 Å². The number of hydrogen-bond acceptors (Lipinski definition) is 3. The third-order valence-electron chi connectivity index (χ3n) is 2.27. The minimum Gasteiger partial charge on any atom is -0.390 e. The maximum atomic E-state index is 8.98. The average Bonchev–Trinajstić information content (AvgIpc) is 2.73. The van der Waals surface area contributed by atoms with Gasteiger partial charge in [-0.25, -0.2) is 4.98 Å². The van der Waals surface area contributed by atoms with Crippen LogP contribution in [0.25, 0.3) is 15.2 Å². The fourth-order valence-corrected chi connectivity index (χ4v) is 2.90. The summed E-state index contributed by atoms with van der Waals surface area (Å²) in [5.74, 6) is 0. The molecule has 0 amide bonds. The summed E-state index contributed by atoms with van der Waals surface area (Å²) >= 11 is 7.48. The number of benzene rings is 1. The van der Waals surface area contributed by atoms with Gasteiger partial charge in [0.1, 0.15) is 0 Å². The number of nitrogens with zero attached hydrogens (tertiary/aromatic N) is 2. The Morgan fingerprint density at radius 3 is 3.13 bits per heavy atom. The van der Waals surface area contributed by atoms with Crippen LogP contribution in [-0.4, -0.2) is 14.5 Å². The Balaban J connectivity index is 2.40. The molecule has 1 N–H and O–H groups in total. The van der Waals surface area contributed by atoms with E-state index in [9.17, 15) is 0 Å². The predicted molar refractivity (Wildman–Crippen MR) is 61.5 cm³/mol. The van der Waals surface area contributed by atoms with E-state index in [2.05, 4.69) is 4.98 Å². The minimum absolute atomic E-state index is 0.0243. The van der Waals surface area contributed by atoms with Gasteiger partial charge in [-0.2, -0.15) is 0 Å². The Kier molecular flexibility index (Phi) is 1.95. The normalized spacial score (nSPS) is 11.6. The van der Waals surface area contributed by atoms with Crippen molar-refractivity contribution in [3.63, 3.8) is 0 Å². The van der Waals surface area contributed by atoms with E-state index in [1.807, 2.05) is 28.8 Å². The van der Waals surface area contributed by atoms with E-state index in [-0.39, 0.29) is 6.61 Å². The molecule has 0 aliphatic rings. The predicted octanol–water partition coefficient (Wildman–Crippen LogP) is 2.69. The van der Waals surface area contributed by atoms with Crippen LogP contribution in [0.1, 0.15) is 5.69 Å². The summed E-state index contributed by atoms with van der Waals surface area (Å²) in [7, 11) is 0. The molecule has 0 radical (unpaired) electrons. The summed E-state index contributed by atoms with van der Waals surface area (Å²) in [5, 5.41) is 9.71. The van der Waals surface area contributed by atoms with Crippen LogP contribution in [0.5, 0.6) is 0 Å². The number of aromatic nitrogens is 2. The quantitative estimate of drug-likeness (QED) is 0.708. The lowest BCUT2D eigenvalue weighted by atomic mass is 10.3. The zero-order valence-corrected chi connectivity index (χ0v) is 9.22. The highest BCUT2D eigenvalue weighted by Gasteiger charge is 2.08. The van der Waals surface area contributed by atoms with E-state index in [1.165, 1.54) is 0 Å². The molecule has 5 heteroatoms. The number of fused-ring (bicyclic) bond motifs is 3. The van der Waals surface area contributed by atoms with Gasteiger partial charge in [0.15, 0.2) is 4.96 Å². The number of halogens is 1. The molecule has 3 aromatic rings. The van der Waals surface area contributed by atoms with E-state index >= 15 is 0 Å². The molecule has 15 heavy (non-hydrogen) atoms. The first kappa shape index (κ1) is 9.15. The largest absolute Gasteiger partial charge is 0.390 e. The second-order valence-electron chi connectivity index (χ2n) is 3.26. The van der Waals surface area contributed by atoms with E-state index < -0.39 is 0 Å². The van der Waals surface area contributed by atoms with Crippen LogP contribution in [0.15, 0.2) is 24.4 Å². The Hall–Kier alpha value is -1.10. The van der Waals surface area contributed by atoms with Gasteiger partial charge in [-0.05, 0) is 18.2 Å². The fourth-order valence-electron chi connectivity index (χ4n) is 1.60. The molecule has 0 atom stereocenters. The van der Waals surface area contributed by atoms with Crippen molar-refractivity contribution in [2.24, 2.45) is 0 Å². The van der Waals surface area contributed by atoms with Crippen LogP contribution < -0.4 is 0 Å². The first-order chi connectivity index (χ1) is 7.28. The van der Waals surface area contributed by atoms with Crippen molar-refractivity contribution in [3.05, 3.63) is 35.1 Å². The molecule has 0 bridgehead atoms. The monoisotopic (exact) mass is 238 g/mol. The third-order valence-corrected chi connectivity index (χ3v) is 3.52. The lowest BCUT2D eigenvalue weighted by Gasteiger charge is -1.91. The zero-order valence-electron chi connectivity index (χ0n) is 7.64. The van der Waals surface area contributed by atoms with Crippen LogP contribution in [0.4, 0.5) is 0 Å². The van der Waals surface area contributed by atoms with Gasteiger partial charge in [-0.1, -0.05) is 22.9 Å². The number of aliphatic hydroxyl groups excluding tert-OH is 1. The van der Waals surface area contributed by atoms with Crippen LogP contribution in [0.2, 0.25) is 5.02 Å². The standard InChI is InChI=1S/C10H7ClN2OS/c11-6-1-2-8-9(3-6)15-10-12-7(5-14)4-13(8)10/h1-4,14H,5H2. The highest BCUT2D eigenvalue weighted by Crippen LogP contribution is 2.28. The first-order valence-corrected chi connectivity index (χ1v) is 5.64. The summed E-state index contributed by atoms with van der Waals surface area (Å²) in [6.45, 7) is -0.0243. The lowest BCUT2D eigenvalue weighted by molar-refractivity contribution is 0.277. The Morgan fingerprint density at radius 2 is 2.33 bits per heavy atom. The van der Waals surface area contributed by atoms with Gasteiger partial charge >= 0.3 is 0 Å². The van der Waals surface area contributed by atoms with Crippen molar-refractivity contribution in [3.8, 4) is 0 Å². The van der Waals surface area contributed by atoms with Crippen LogP contribution in [0, 0.1) is 0 Å². The molecule has 0 spiro atoms. The lowest BCUT2D eigenvalue weighted by Crippen LogP contribution is -1.80. The molecule has 0 aliphatic heterocycles. The molecule has 76 valence electrons. The maximum absolute atomic E-state index is 8.98. The molecule has 3 rings (SSSR count). The molecule has 2 heterocycles. The Labute approximate surface area is 94.6 Å². The maximum Gasteiger partial charge on any atom is 0.195 e. The van der Waals surface area contributed by atoms with Crippen LogP contribution in [-0.2, 0) is 6.61 Å². The molecule has 1 aromatic carbocycles. The van der Waals surface area contributed by atoms with Gasteiger partial charge in [0.25, 0.3) is 0 Å². The molecular weight excluding hydrogens is 232 g/mol. The summed E-state index contributed by atoms with van der Waals surface area (Å²) in [6.07, 6.45) is 1.85. The molecule has 0 saturated carbocycles. The van der Waals surface area contributed by atoms with E-state index in [4.69, 9.17) is 16.7 Å². The topological polar surface area (TPSA) is 37.5 Å². The van der Waals surface area contributed by atoms with E-state index in [0.717, 1.165) is 20.2 Å². The summed E-state index contributed by atoms with van der Waals surface area (Å²) in [6, 6.07) is 5.74. The number of rotatable bonds is 1. The Bertz CT molecular complexity index is 643. The second kappa shape index (κ2) is 3.20. The van der Waals surface area contributed by atoms with Crippen LogP contribution >= 0.6 is 22.9 Å². The van der Waals surface area contributed by atoms with Crippen molar-refractivity contribution in [2.75, 3.05) is 0 Å². The number of aliphatic hydroxyl groups is 1. The number of thiazole rings is 1. The van der Waals surface area contributed by atoms with E-state index in [0.29, 0.717) is 5.69 Å². The SMILES string of the molecule is OCc1cn2c(n1)sc1cc(Cl)ccc12. The smallest absolute Gasteiger partial charge is 0.195 e. The summed E-state index contributed by atoms with van der Waals surface area (Å²) in [4.78, 5) is 5.17. The summed E-state index contributed by atoms with van der Waals surface area (Å²) < 4.78 is 3.08. The molecule has 3 nitrogen and oxygen atoms in total. The van der Waals surface area contributed by atoms with Gasteiger partial charge in [-0.15, -0.1) is 0 Å². The van der Waals surface area contributed by atoms with Crippen LogP contribution in [0.3, 0.4) is 0 Å². The first-order valence-electron chi connectivity index (χ1n) is 4.45. The summed E-state index contributed by atoms with van der Waals surface area (Å²) in [5.41, 5.74) is 1.77. The minimum atomic E-state index is -0.0243. The molecule has 0 fully saturated rings. The van der Waals surface area contributed by atoms with Crippen molar-refractivity contribution in [1.82, 2.24) is 9.38 Å². The zero-order chi connectivity index (χ0) is 10.4. The van der Waals surface area contributed by atoms with Crippen molar-refractivity contribution >= 4 is 38.1 Å². The highest BCUT2D eigenvalue weighted by molar-refractivity contribution is 7.23. The van der Waals surface area contributed by atoms with Gasteiger partial charge < -0.3 is 5.11 Å². The van der Waals surface area contributed by atoms with Crippen molar-refractivity contribution < 1.29 is 5.11 Å². The van der Waals surface area contributed by atoms with Gasteiger partial charge in [-0.3, -0.25) is 4.40 Å². The Morgan fingerprint density at radius 1 is 1.47 bits per heavy atom. The number of hydrogen-bond donors (Lipinski definition) is 1. The fraction of sp³-hybridized carbons (Fsp3) is 0.100. The van der Waals surface area contributed by atoms with Crippen molar-refractivity contribution in [2.45, 2.75) is 6.61 Å². The molecule has 0 saturated heterocycles. The molecule has 2 aromatic heterocycles.